The number of carbonyl (C=O) groups excluding carboxylic acids is 6. The first-order valence-corrected chi connectivity index (χ1v) is 18.4. The first-order chi connectivity index (χ1) is 24.9. The third kappa shape index (κ3) is 3.57. The molecular formula is C39H40O14. The second kappa shape index (κ2) is 9.74. The fourth-order valence-corrected chi connectivity index (χ4v) is 13.0. The van der Waals surface area contributed by atoms with Crippen LogP contribution in [0.1, 0.15) is 59.8 Å². The Morgan fingerprint density at radius 1 is 0.811 bits per heavy atom. The summed E-state index contributed by atoms with van der Waals surface area (Å²) in [6.07, 6.45) is 3.54. The van der Waals surface area contributed by atoms with E-state index in [1.807, 2.05) is 13.0 Å². The van der Waals surface area contributed by atoms with E-state index in [1.54, 1.807) is 13.8 Å². The number of ketones is 1. The van der Waals surface area contributed by atoms with Crippen molar-refractivity contribution in [3.63, 3.8) is 0 Å². The van der Waals surface area contributed by atoms with Crippen LogP contribution in [0.25, 0.3) is 0 Å². The van der Waals surface area contributed by atoms with Crippen LogP contribution in [0.2, 0.25) is 0 Å². The van der Waals surface area contributed by atoms with E-state index in [1.165, 1.54) is 13.0 Å². The number of rotatable bonds is 0. The summed E-state index contributed by atoms with van der Waals surface area (Å²) in [6, 6.07) is 0. The minimum absolute atomic E-state index is 0.0132. The Labute approximate surface area is 303 Å². The average molecular weight is 733 g/mol. The quantitative estimate of drug-likeness (QED) is 0.181. The number of ether oxygens (including phenoxy) is 5. The summed E-state index contributed by atoms with van der Waals surface area (Å²) in [5.41, 5.74) is -6.83. The zero-order valence-electron chi connectivity index (χ0n) is 29.7. The van der Waals surface area contributed by atoms with E-state index in [-0.39, 0.29) is 72.9 Å². The van der Waals surface area contributed by atoms with Crippen molar-refractivity contribution in [2.24, 2.45) is 52.3 Å². The molecular weight excluding hydrogens is 692 g/mol. The Morgan fingerprint density at radius 2 is 1.51 bits per heavy atom. The molecule has 14 heteroatoms. The molecule has 6 saturated carbocycles. The number of Topliss-reactive ketones (excluding diaryl/α,β-unsaturated/α-hetero) is 1. The van der Waals surface area contributed by atoms with Crippen molar-refractivity contribution in [2.45, 2.75) is 82.4 Å². The average Bonchev–Trinajstić information content (AvgIpc) is 4.01. The van der Waals surface area contributed by atoms with E-state index in [2.05, 4.69) is 0 Å². The van der Waals surface area contributed by atoms with E-state index >= 15 is 0 Å². The number of aliphatic hydroxyl groups is 3. The topological polar surface area (TPSA) is 209 Å². The number of fused-ring (bicyclic) bond motifs is 9. The van der Waals surface area contributed by atoms with Gasteiger partial charge in [-0.1, -0.05) is 13.0 Å². The molecule has 0 radical (unpaired) electrons. The second-order valence-corrected chi connectivity index (χ2v) is 17.5. The first-order valence-electron chi connectivity index (χ1n) is 18.4. The minimum Gasteiger partial charge on any atom is -0.461 e. The maximum atomic E-state index is 14.5. The summed E-state index contributed by atoms with van der Waals surface area (Å²) >= 11 is 0. The number of hydrogen-bond acceptors (Lipinski definition) is 14. The minimum atomic E-state index is -2.73. The molecule has 0 aromatic rings. The van der Waals surface area contributed by atoms with Crippen LogP contribution < -0.4 is 0 Å². The third-order valence-corrected chi connectivity index (χ3v) is 15.4. The molecule has 10 aliphatic rings. The number of hydrogen-bond donors (Lipinski definition) is 3. The highest BCUT2D eigenvalue weighted by atomic mass is 16.7. The molecule has 1 spiro atoms. The molecule has 3 N–H and O–H groups in total. The van der Waals surface area contributed by atoms with Gasteiger partial charge in [-0.15, -0.1) is 0 Å². The molecule has 0 aromatic heterocycles. The van der Waals surface area contributed by atoms with Crippen LogP contribution in [0.5, 0.6) is 0 Å². The first kappa shape index (κ1) is 33.4. The van der Waals surface area contributed by atoms with Crippen LogP contribution in [0, 0.1) is 52.3 Å². The molecule has 10 rings (SSSR count). The van der Waals surface area contributed by atoms with Gasteiger partial charge in [-0.3, -0.25) is 14.4 Å². The summed E-state index contributed by atoms with van der Waals surface area (Å²) in [4.78, 5) is 80.6. The van der Waals surface area contributed by atoms with Crippen molar-refractivity contribution in [1.29, 1.82) is 0 Å². The predicted octanol–water partition coefficient (Wildman–Crippen LogP) is 1.06. The lowest BCUT2D eigenvalue weighted by molar-refractivity contribution is -0.248. The van der Waals surface area contributed by atoms with Gasteiger partial charge in [0.05, 0.1) is 29.7 Å². The van der Waals surface area contributed by atoms with E-state index in [4.69, 9.17) is 23.7 Å². The Morgan fingerprint density at radius 3 is 2.23 bits per heavy atom. The van der Waals surface area contributed by atoms with Crippen molar-refractivity contribution in [3.05, 3.63) is 45.6 Å². The zero-order chi connectivity index (χ0) is 37.6. The molecule has 53 heavy (non-hydrogen) atoms. The summed E-state index contributed by atoms with van der Waals surface area (Å²) in [6.45, 7) is 5.47. The lowest BCUT2D eigenvalue weighted by Crippen LogP contribution is -2.77. The molecule has 6 fully saturated rings. The van der Waals surface area contributed by atoms with Gasteiger partial charge < -0.3 is 39.0 Å². The molecule has 13 atom stereocenters. The van der Waals surface area contributed by atoms with Gasteiger partial charge in [-0.25, -0.2) is 14.4 Å². The molecule has 14 nitrogen and oxygen atoms in total. The molecule has 280 valence electrons. The Kier molecular flexibility index (Phi) is 6.15. The highest BCUT2D eigenvalue weighted by Gasteiger charge is 2.90. The smallest absolute Gasteiger partial charge is 0.338 e. The molecule has 0 aromatic carbocycles. The van der Waals surface area contributed by atoms with Gasteiger partial charge in [-0.2, -0.15) is 0 Å². The van der Waals surface area contributed by atoms with Crippen molar-refractivity contribution >= 4 is 35.6 Å². The van der Waals surface area contributed by atoms with Gasteiger partial charge >= 0.3 is 29.8 Å². The highest BCUT2D eigenvalue weighted by Crippen LogP contribution is 2.84. The SMILES string of the molecule is CC1=C2[C@@H]3C45OC(=O)C6=C4CC4[C@](C)([C@@H]7C[C@@H]7[C@@]4(O)COC(=O)/C=C(\C)COC(=O)CCC(=O)OC6)[C@@H]5C=C4[C@H]5C[C@H]5[C@](C)(C(=O)[C@@]2(O)OC1=O)[C@@]43O. The van der Waals surface area contributed by atoms with Gasteiger partial charge in [0.2, 0.25) is 5.78 Å². The van der Waals surface area contributed by atoms with Gasteiger partial charge in [0.15, 0.2) is 5.60 Å². The second-order valence-electron chi connectivity index (χ2n) is 17.5. The maximum absolute atomic E-state index is 14.5. The Balaban J connectivity index is 1.21. The largest absolute Gasteiger partial charge is 0.461 e. The fraction of sp³-hybridized carbons (Fsp3) is 0.641. The van der Waals surface area contributed by atoms with Crippen molar-refractivity contribution in [2.75, 3.05) is 19.8 Å². The van der Waals surface area contributed by atoms with Gasteiger partial charge in [0.1, 0.15) is 31.0 Å². The standard InChI is InChI=1S/C39H40O14/c1-15-7-28(42)51-14-36(46)23-9-22(23)34(3)24(36)10-20-18(13-50-27(41)6-5-26(40)49-12-15)32(44)52-37(20)25(34)11-21-17-8-19(17)35(4)33(45)39(48)29(16(2)31(43)53-39)30(37)38(21,35)47/h7,11,17,19,22-25,30,46-48H,5-6,8-10,12-14H2,1-4H3/b15-7+/t17-,19+,22+,23-,24?,25-,30+,34-,35+,36-,37?,38+,39-/m0/s1. The summed E-state index contributed by atoms with van der Waals surface area (Å²) in [5.74, 6) is -11.4. The van der Waals surface area contributed by atoms with Gasteiger partial charge in [0, 0.05) is 29.1 Å². The fourth-order valence-electron chi connectivity index (χ4n) is 13.0. The number of carbonyl (C=O) groups is 6. The maximum Gasteiger partial charge on any atom is 0.338 e. The normalized spacial score (nSPS) is 51.5. The van der Waals surface area contributed by atoms with E-state index in [0.717, 1.165) is 0 Å². The van der Waals surface area contributed by atoms with Gasteiger partial charge in [0.25, 0.3) is 5.79 Å². The molecule has 2 bridgehead atoms. The Bertz CT molecular complexity index is 2060. The molecule has 0 saturated heterocycles. The number of cyclic esters (lactones) is 3. The molecule has 0 amide bonds. The summed E-state index contributed by atoms with van der Waals surface area (Å²) in [7, 11) is 0. The van der Waals surface area contributed by atoms with Crippen LogP contribution in [0.3, 0.4) is 0 Å². The van der Waals surface area contributed by atoms with Crippen molar-refractivity contribution in [3.8, 4) is 0 Å². The van der Waals surface area contributed by atoms with E-state index in [0.29, 0.717) is 29.6 Å². The summed E-state index contributed by atoms with van der Waals surface area (Å²) in [5, 5.41) is 38.3. The highest BCUT2D eigenvalue weighted by molar-refractivity contribution is 6.07. The van der Waals surface area contributed by atoms with E-state index in [9.17, 15) is 44.1 Å². The Hall–Kier alpha value is -4.14. The van der Waals surface area contributed by atoms with E-state index < -0.39 is 93.4 Å². The van der Waals surface area contributed by atoms with Crippen LogP contribution in [-0.4, -0.2) is 93.4 Å². The molecule has 7 aliphatic carbocycles. The van der Waals surface area contributed by atoms with Crippen LogP contribution >= 0.6 is 0 Å². The van der Waals surface area contributed by atoms with Crippen LogP contribution in [-0.2, 0) is 52.5 Å². The molecule has 2 unspecified atom stereocenters. The lowest BCUT2D eigenvalue weighted by atomic mass is 9.39. The lowest BCUT2D eigenvalue weighted by Gasteiger charge is -2.66. The third-order valence-electron chi connectivity index (χ3n) is 15.4. The number of esters is 5. The summed E-state index contributed by atoms with van der Waals surface area (Å²) < 4.78 is 28.6. The van der Waals surface area contributed by atoms with Crippen LogP contribution in [0.15, 0.2) is 45.6 Å². The van der Waals surface area contributed by atoms with Crippen LogP contribution in [0.4, 0.5) is 0 Å². The zero-order valence-corrected chi connectivity index (χ0v) is 29.7. The predicted molar refractivity (Wildman–Crippen MR) is 173 cm³/mol. The monoisotopic (exact) mass is 732 g/mol. The van der Waals surface area contributed by atoms with Gasteiger partial charge in [-0.05, 0) is 85.8 Å². The molecule has 3 aliphatic heterocycles. The van der Waals surface area contributed by atoms with Crippen molar-refractivity contribution in [1.82, 2.24) is 0 Å². The van der Waals surface area contributed by atoms with Crippen molar-refractivity contribution < 1.29 is 67.8 Å². The molecule has 3 heterocycles.